The van der Waals surface area contributed by atoms with Gasteiger partial charge in [0.1, 0.15) is 0 Å². The molecule has 1 saturated heterocycles. The lowest BCUT2D eigenvalue weighted by Gasteiger charge is -2.35. The van der Waals surface area contributed by atoms with Crippen LogP contribution >= 0.6 is 0 Å². The van der Waals surface area contributed by atoms with E-state index in [-0.39, 0.29) is 12.1 Å². The van der Waals surface area contributed by atoms with Gasteiger partial charge < -0.3 is 14.5 Å². The number of hydrogen-bond acceptors (Lipinski definition) is 4. The number of methoxy groups -OCH3 is 1. The number of benzene rings is 1. The smallest absolute Gasteiger partial charge is 0.410 e. The first-order chi connectivity index (χ1) is 11.1. The zero-order valence-corrected chi connectivity index (χ0v) is 14.4. The maximum absolute atomic E-state index is 11.8. The first-order valence-electron chi connectivity index (χ1n) is 8.43. The maximum Gasteiger partial charge on any atom is 0.410 e. The van der Waals surface area contributed by atoms with Gasteiger partial charge >= 0.3 is 6.09 Å². The van der Waals surface area contributed by atoms with Crippen LogP contribution in [0, 0.1) is 0 Å². The standard InChI is InChI=1S/C18H27N3O2/c1-14-10-17-11-15(12-20-8-6-19(2)7-9-20)4-5-16(17)13-21(14)18(22)23-3/h4-5,11,14H,6-10,12-13H2,1-3H3. The molecule has 1 aromatic carbocycles. The molecule has 1 atom stereocenters. The normalized spacial score (nSPS) is 22.7. The second-order valence-corrected chi connectivity index (χ2v) is 6.83. The van der Waals surface area contributed by atoms with Crippen molar-refractivity contribution in [3.63, 3.8) is 0 Å². The van der Waals surface area contributed by atoms with Crippen molar-refractivity contribution in [2.45, 2.75) is 32.5 Å². The van der Waals surface area contributed by atoms with Crippen molar-refractivity contribution in [3.05, 3.63) is 34.9 Å². The van der Waals surface area contributed by atoms with E-state index >= 15 is 0 Å². The molecule has 0 saturated carbocycles. The molecular weight excluding hydrogens is 290 g/mol. The van der Waals surface area contributed by atoms with Crippen molar-refractivity contribution in [1.82, 2.24) is 14.7 Å². The summed E-state index contributed by atoms with van der Waals surface area (Å²) in [5, 5.41) is 0. The number of hydrogen-bond donors (Lipinski definition) is 0. The van der Waals surface area contributed by atoms with Gasteiger partial charge in [0.15, 0.2) is 0 Å². The van der Waals surface area contributed by atoms with E-state index in [1.807, 2.05) is 4.90 Å². The molecule has 2 heterocycles. The van der Waals surface area contributed by atoms with E-state index < -0.39 is 0 Å². The summed E-state index contributed by atoms with van der Waals surface area (Å²) < 4.78 is 4.88. The Hall–Kier alpha value is -1.59. The van der Waals surface area contributed by atoms with E-state index in [9.17, 15) is 4.79 Å². The molecule has 0 aliphatic carbocycles. The Bertz CT molecular complexity index is 567. The average molecular weight is 317 g/mol. The van der Waals surface area contributed by atoms with Crippen LogP contribution in [0.4, 0.5) is 4.79 Å². The fraction of sp³-hybridized carbons (Fsp3) is 0.611. The lowest BCUT2D eigenvalue weighted by molar-refractivity contribution is 0.100. The number of nitrogens with zero attached hydrogens (tertiary/aromatic N) is 3. The first kappa shape index (κ1) is 16.3. The fourth-order valence-corrected chi connectivity index (χ4v) is 3.52. The summed E-state index contributed by atoms with van der Waals surface area (Å²) in [6.07, 6.45) is 0.672. The summed E-state index contributed by atoms with van der Waals surface area (Å²) in [7, 11) is 3.63. The van der Waals surface area contributed by atoms with Gasteiger partial charge in [0, 0.05) is 45.3 Å². The predicted molar refractivity (Wildman–Crippen MR) is 90.3 cm³/mol. The number of fused-ring (bicyclic) bond motifs is 1. The molecule has 1 fully saturated rings. The Balaban J connectivity index is 1.68. The van der Waals surface area contributed by atoms with Crippen LogP contribution in [0.1, 0.15) is 23.6 Å². The number of carbonyl (C=O) groups excluding carboxylic acids is 1. The minimum Gasteiger partial charge on any atom is -0.453 e. The van der Waals surface area contributed by atoms with Crippen molar-refractivity contribution >= 4 is 6.09 Å². The van der Waals surface area contributed by atoms with E-state index in [0.717, 1.165) is 39.1 Å². The molecule has 1 amide bonds. The maximum atomic E-state index is 11.8. The largest absolute Gasteiger partial charge is 0.453 e. The van der Waals surface area contributed by atoms with E-state index in [0.29, 0.717) is 6.54 Å². The third-order valence-electron chi connectivity index (χ3n) is 5.07. The molecule has 0 aromatic heterocycles. The van der Waals surface area contributed by atoms with Gasteiger partial charge in [-0.2, -0.15) is 0 Å². The summed E-state index contributed by atoms with van der Waals surface area (Å²) in [5.41, 5.74) is 4.01. The number of amides is 1. The van der Waals surface area contributed by atoms with Crippen molar-refractivity contribution in [2.75, 3.05) is 40.3 Å². The molecule has 0 radical (unpaired) electrons. The zero-order chi connectivity index (χ0) is 16.4. The monoisotopic (exact) mass is 317 g/mol. The Morgan fingerprint density at radius 3 is 2.65 bits per heavy atom. The number of piperazine rings is 1. The molecule has 0 bridgehead atoms. The highest BCUT2D eigenvalue weighted by Crippen LogP contribution is 2.25. The highest BCUT2D eigenvalue weighted by Gasteiger charge is 2.27. The summed E-state index contributed by atoms with van der Waals surface area (Å²) in [6, 6.07) is 6.91. The van der Waals surface area contributed by atoms with Gasteiger partial charge in [0.05, 0.1) is 7.11 Å². The topological polar surface area (TPSA) is 36.0 Å². The molecule has 23 heavy (non-hydrogen) atoms. The highest BCUT2D eigenvalue weighted by molar-refractivity contribution is 5.68. The molecule has 1 aromatic rings. The predicted octanol–water partition coefficient (Wildman–Crippen LogP) is 1.95. The Kier molecular flexibility index (Phi) is 4.87. The summed E-state index contributed by atoms with van der Waals surface area (Å²) in [6.45, 7) is 8.34. The van der Waals surface area contributed by atoms with E-state index in [4.69, 9.17) is 4.74 Å². The molecule has 0 spiro atoms. The third-order valence-corrected chi connectivity index (χ3v) is 5.07. The van der Waals surface area contributed by atoms with Gasteiger partial charge in [-0.15, -0.1) is 0 Å². The van der Waals surface area contributed by atoms with Gasteiger partial charge in [0.25, 0.3) is 0 Å². The van der Waals surface area contributed by atoms with Gasteiger partial charge in [-0.05, 0) is 37.1 Å². The van der Waals surface area contributed by atoms with Gasteiger partial charge in [-0.25, -0.2) is 4.79 Å². The van der Waals surface area contributed by atoms with Crippen molar-refractivity contribution in [1.29, 1.82) is 0 Å². The van der Waals surface area contributed by atoms with Crippen LogP contribution in [0.25, 0.3) is 0 Å². The molecule has 0 N–H and O–H groups in total. The van der Waals surface area contributed by atoms with E-state index in [1.54, 1.807) is 0 Å². The summed E-state index contributed by atoms with van der Waals surface area (Å²) in [4.78, 5) is 18.5. The summed E-state index contributed by atoms with van der Waals surface area (Å²) in [5.74, 6) is 0. The number of likely N-dealkylation sites (N-methyl/N-ethyl adjacent to an activating group) is 1. The Morgan fingerprint density at radius 1 is 1.22 bits per heavy atom. The van der Waals surface area contributed by atoms with Crippen LogP contribution in [0.2, 0.25) is 0 Å². The zero-order valence-electron chi connectivity index (χ0n) is 14.4. The summed E-state index contributed by atoms with van der Waals surface area (Å²) >= 11 is 0. The van der Waals surface area contributed by atoms with Gasteiger partial charge in [-0.3, -0.25) is 4.90 Å². The van der Waals surface area contributed by atoms with Crippen LogP contribution in [0.15, 0.2) is 18.2 Å². The Labute approximate surface area is 138 Å². The highest BCUT2D eigenvalue weighted by atomic mass is 16.5. The number of rotatable bonds is 2. The number of carbonyl (C=O) groups is 1. The quantitative estimate of drug-likeness (QED) is 0.835. The molecule has 3 rings (SSSR count). The third kappa shape index (κ3) is 3.67. The minimum atomic E-state index is -0.232. The Morgan fingerprint density at radius 2 is 1.96 bits per heavy atom. The fourth-order valence-electron chi connectivity index (χ4n) is 3.52. The van der Waals surface area contributed by atoms with Crippen LogP contribution in [0.3, 0.4) is 0 Å². The van der Waals surface area contributed by atoms with Crippen LogP contribution in [-0.2, 0) is 24.2 Å². The van der Waals surface area contributed by atoms with Gasteiger partial charge in [0.2, 0.25) is 0 Å². The molecule has 5 heteroatoms. The molecular formula is C18H27N3O2. The van der Waals surface area contributed by atoms with E-state index in [2.05, 4.69) is 42.0 Å². The van der Waals surface area contributed by atoms with Gasteiger partial charge in [-0.1, -0.05) is 18.2 Å². The molecule has 2 aliphatic heterocycles. The molecule has 2 aliphatic rings. The molecule has 5 nitrogen and oxygen atoms in total. The second-order valence-electron chi connectivity index (χ2n) is 6.83. The first-order valence-corrected chi connectivity index (χ1v) is 8.43. The van der Waals surface area contributed by atoms with Crippen LogP contribution in [-0.4, -0.2) is 67.2 Å². The van der Waals surface area contributed by atoms with Crippen molar-refractivity contribution < 1.29 is 9.53 Å². The lowest BCUT2D eigenvalue weighted by atomic mass is 9.93. The number of ether oxygens (including phenoxy) is 1. The second kappa shape index (κ2) is 6.89. The van der Waals surface area contributed by atoms with Crippen LogP contribution < -0.4 is 0 Å². The molecule has 1 unspecified atom stereocenters. The average Bonchev–Trinajstić information content (AvgIpc) is 2.55. The minimum absolute atomic E-state index is 0.189. The molecule has 126 valence electrons. The SMILES string of the molecule is COC(=O)N1Cc2ccc(CN3CCN(C)CC3)cc2CC1C. The van der Waals surface area contributed by atoms with Crippen molar-refractivity contribution in [2.24, 2.45) is 0 Å². The van der Waals surface area contributed by atoms with Crippen molar-refractivity contribution in [3.8, 4) is 0 Å². The van der Waals surface area contributed by atoms with E-state index in [1.165, 1.54) is 23.8 Å². The van der Waals surface area contributed by atoms with Crippen LogP contribution in [0.5, 0.6) is 0 Å². The lowest BCUT2D eigenvalue weighted by Crippen LogP contribution is -2.44.